The minimum Gasteiger partial charge on any atom is -0.399 e. The summed E-state index contributed by atoms with van der Waals surface area (Å²) in [5.41, 5.74) is 13.0. The number of nitrogens with two attached hydrogens (primary N) is 2. The van der Waals surface area contributed by atoms with E-state index in [0.29, 0.717) is 0 Å². The van der Waals surface area contributed by atoms with E-state index in [2.05, 4.69) is 4.90 Å². The fraction of sp³-hybridized carbons (Fsp3) is 0.417. The molecule has 0 aromatic heterocycles. The molecule has 1 aliphatic rings. The molecule has 1 fully saturated rings. The van der Waals surface area contributed by atoms with Gasteiger partial charge in [0.05, 0.1) is 5.92 Å². The van der Waals surface area contributed by atoms with Crippen LogP contribution in [0.3, 0.4) is 0 Å². The average molecular weight is 219 g/mol. The summed E-state index contributed by atoms with van der Waals surface area (Å²) in [6.45, 7) is 1.59. The topological polar surface area (TPSA) is 72.3 Å². The normalized spacial score (nSPS) is 25.8. The van der Waals surface area contributed by atoms with E-state index < -0.39 is 0 Å². The van der Waals surface area contributed by atoms with Crippen LogP contribution in [0.1, 0.15) is 11.5 Å². The molecule has 1 aliphatic heterocycles. The van der Waals surface area contributed by atoms with Crippen LogP contribution in [0.4, 0.5) is 5.69 Å². The summed E-state index contributed by atoms with van der Waals surface area (Å²) in [6, 6.07) is 7.71. The molecule has 4 heteroatoms. The zero-order valence-electron chi connectivity index (χ0n) is 9.39. The third kappa shape index (κ3) is 2.02. The van der Waals surface area contributed by atoms with Gasteiger partial charge in [-0.25, -0.2) is 0 Å². The molecule has 0 bridgehead atoms. The number of hydrogen-bond donors (Lipinski definition) is 2. The summed E-state index contributed by atoms with van der Waals surface area (Å²) in [6.07, 6.45) is 0. The first kappa shape index (κ1) is 11.0. The molecule has 1 aromatic rings. The lowest BCUT2D eigenvalue weighted by molar-refractivity contribution is -0.121. The first-order chi connectivity index (χ1) is 7.58. The summed E-state index contributed by atoms with van der Waals surface area (Å²) >= 11 is 0. The Morgan fingerprint density at radius 1 is 1.44 bits per heavy atom. The van der Waals surface area contributed by atoms with E-state index in [1.807, 2.05) is 31.3 Å². The molecule has 0 saturated carbocycles. The van der Waals surface area contributed by atoms with E-state index >= 15 is 0 Å². The molecule has 2 rings (SSSR count). The second-order valence-corrected chi connectivity index (χ2v) is 4.51. The van der Waals surface area contributed by atoms with Gasteiger partial charge in [0.25, 0.3) is 0 Å². The van der Waals surface area contributed by atoms with Crippen molar-refractivity contribution in [1.29, 1.82) is 0 Å². The fourth-order valence-corrected chi connectivity index (χ4v) is 2.42. The summed E-state index contributed by atoms with van der Waals surface area (Å²) in [5, 5.41) is 0. The number of anilines is 1. The van der Waals surface area contributed by atoms with Gasteiger partial charge in [0.15, 0.2) is 0 Å². The summed E-state index contributed by atoms with van der Waals surface area (Å²) in [5.74, 6) is -0.158. The molecule has 1 heterocycles. The molecular weight excluding hydrogens is 202 g/mol. The SMILES string of the molecule is CN1C[C@@H](C(N)=O)[C@H](c2cccc(N)c2)C1. The highest BCUT2D eigenvalue weighted by Gasteiger charge is 2.35. The molecule has 2 atom stereocenters. The molecular formula is C12H17N3O. The second-order valence-electron chi connectivity index (χ2n) is 4.51. The number of nitrogen functional groups attached to an aromatic ring is 1. The molecule has 1 saturated heterocycles. The van der Waals surface area contributed by atoms with Crippen molar-refractivity contribution in [3.05, 3.63) is 29.8 Å². The van der Waals surface area contributed by atoms with Gasteiger partial charge in [0.2, 0.25) is 5.91 Å². The minimum absolute atomic E-state index is 0.105. The highest BCUT2D eigenvalue weighted by atomic mass is 16.1. The number of carbonyl (C=O) groups is 1. The number of amides is 1. The van der Waals surface area contributed by atoms with E-state index in [1.165, 1.54) is 0 Å². The average Bonchev–Trinajstić information content (AvgIpc) is 2.60. The number of likely N-dealkylation sites (tertiary alicyclic amines) is 1. The zero-order chi connectivity index (χ0) is 11.7. The Morgan fingerprint density at radius 2 is 2.19 bits per heavy atom. The second kappa shape index (κ2) is 4.14. The minimum atomic E-state index is -0.225. The van der Waals surface area contributed by atoms with Crippen LogP contribution in [-0.4, -0.2) is 30.9 Å². The highest BCUT2D eigenvalue weighted by molar-refractivity contribution is 5.78. The van der Waals surface area contributed by atoms with E-state index in [4.69, 9.17) is 11.5 Å². The Bertz CT molecular complexity index is 405. The molecule has 1 amide bonds. The van der Waals surface area contributed by atoms with Crippen molar-refractivity contribution >= 4 is 11.6 Å². The van der Waals surface area contributed by atoms with E-state index in [0.717, 1.165) is 24.3 Å². The van der Waals surface area contributed by atoms with Crippen LogP contribution in [0.2, 0.25) is 0 Å². The van der Waals surface area contributed by atoms with Gasteiger partial charge in [0.1, 0.15) is 0 Å². The van der Waals surface area contributed by atoms with Gasteiger partial charge < -0.3 is 16.4 Å². The Kier molecular flexibility index (Phi) is 2.83. The number of benzene rings is 1. The summed E-state index contributed by atoms with van der Waals surface area (Å²) in [4.78, 5) is 13.5. The van der Waals surface area contributed by atoms with Crippen LogP contribution in [0.25, 0.3) is 0 Å². The predicted molar refractivity (Wildman–Crippen MR) is 63.8 cm³/mol. The van der Waals surface area contributed by atoms with Crippen LogP contribution in [0, 0.1) is 5.92 Å². The highest BCUT2D eigenvalue weighted by Crippen LogP contribution is 2.32. The Balaban J connectivity index is 2.28. The smallest absolute Gasteiger partial charge is 0.222 e. The molecule has 0 radical (unpaired) electrons. The van der Waals surface area contributed by atoms with Gasteiger partial charge in [-0.2, -0.15) is 0 Å². The number of primary amides is 1. The van der Waals surface area contributed by atoms with Gasteiger partial charge in [-0.15, -0.1) is 0 Å². The lowest BCUT2D eigenvalue weighted by Crippen LogP contribution is -2.28. The van der Waals surface area contributed by atoms with Crippen LogP contribution in [0.5, 0.6) is 0 Å². The Hall–Kier alpha value is -1.55. The largest absolute Gasteiger partial charge is 0.399 e. The van der Waals surface area contributed by atoms with Crippen molar-refractivity contribution in [2.75, 3.05) is 25.9 Å². The zero-order valence-corrected chi connectivity index (χ0v) is 9.39. The summed E-state index contributed by atoms with van der Waals surface area (Å²) in [7, 11) is 2.00. The molecule has 86 valence electrons. The first-order valence-corrected chi connectivity index (χ1v) is 5.41. The third-order valence-corrected chi connectivity index (χ3v) is 3.21. The van der Waals surface area contributed by atoms with Crippen molar-refractivity contribution < 1.29 is 4.79 Å². The fourth-order valence-electron chi connectivity index (χ4n) is 2.42. The maximum atomic E-state index is 11.4. The van der Waals surface area contributed by atoms with Crippen molar-refractivity contribution in [3.63, 3.8) is 0 Å². The lowest BCUT2D eigenvalue weighted by atomic mass is 9.88. The van der Waals surface area contributed by atoms with E-state index in [1.54, 1.807) is 0 Å². The van der Waals surface area contributed by atoms with Crippen LogP contribution in [0.15, 0.2) is 24.3 Å². The third-order valence-electron chi connectivity index (χ3n) is 3.21. The first-order valence-electron chi connectivity index (χ1n) is 5.41. The monoisotopic (exact) mass is 219 g/mol. The molecule has 0 unspecified atom stereocenters. The van der Waals surface area contributed by atoms with Gasteiger partial charge >= 0.3 is 0 Å². The number of likely N-dealkylation sites (N-methyl/N-ethyl adjacent to an activating group) is 1. The number of hydrogen-bond acceptors (Lipinski definition) is 3. The van der Waals surface area contributed by atoms with Crippen LogP contribution in [-0.2, 0) is 4.79 Å². The molecule has 16 heavy (non-hydrogen) atoms. The van der Waals surface area contributed by atoms with Crippen molar-refractivity contribution in [2.45, 2.75) is 5.92 Å². The Labute approximate surface area is 95.2 Å². The van der Waals surface area contributed by atoms with Crippen molar-refractivity contribution in [3.8, 4) is 0 Å². The van der Waals surface area contributed by atoms with Gasteiger partial charge in [-0.3, -0.25) is 4.79 Å². The predicted octanol–water partition coefficient (Wildman–Crippen LogP) is 0.399. The maximum absolute atomic E-state index is 11.4. The van der Waals surface area contributed by atoms with Crippen LogP contribution >= 0.6 is 0 Å². The molecule has 4 nitrogen and oxygen atoms in total. The quantitative estimate of drug-likeness (QED) is 0.707. The number of carbonyl (C=O) groups excluding carboxylic acids is 1. The number of rotatable bonds is 2. The number of nitrogens with zero attached hydrogens (tertiary/aromatic N) is 1. The van der Waals surface area contributed by atoms with Gasteiger partial charge in [-0.05, 0) is 24.7 Å². The maximum Gasteiger partial charge on any atom is 0.222 e. The van der Waals surface area contributed by atoms with E-state index in [9.17, 15) is 4.79 Å². The lowest BCUT2D eigenvalue weighted by Gasteiger charge is -2.16. The summed E-state index contributed by atoms with van der Waals surface area (Å²) < 4.78 is 0. The van der Waals surface area contributed by atoms with Crippen molar-refractivity contribution in [2.24, 2.45) is 11.7 Å². The Morgan fingerprint density at radius 3 is 2.81 bits per heavy atom. The molecule has 4 N–H and O–H groups in total. The molecule has 1 aromatic carbocycles. The van der Waals surface area contributed by atoms with Gasteiger partial charge in [0, 0.05) is 24.7 Å². The van der Waals surface area contributed by atoms with Crippen molar-refractivity contribution in [1.82, 2.24) is 4.90 Å². The standard InChI is InChI=1S/C12H17N3O/c1-15-6-10(11(7-15)12(14)16)8-3-2-4-9(13)5-8/h2-5,10-11H,6-7,13H2,1H3,(H2,14,16)/t10-,11+/m0/s1. The van der Waals surface area contributed by atoms with Crippen LogP contribution < -0.4 is 11.5 Å². The molecule has 0 aliphatic carbocycles. The van der Waals surface area contributed by atoms with Gasteiger partial charge in [-0.1, -0.05) is 12.1 Å². The molecule has 0 spiro atoms. The van der Waals surface area contributed by atoms with E-state index in [-0.39, 0.29) is 17.7 Å².